The van der Waals surface area contributed by atoms with Crippen LogP contribution in [0.1, 0.15) is 64.2 Å². The minimum atomic E-state index is 0.0727. The van der Waals surface area contributed by atoms with Gasteiger partial charge in [0, 0.05) is 13.1 Å². The largest absolute Gasteiger partial charge is 0.370 e. The van der Waals surface area contributed by atoms with Crippen LogP contribution in [0.15, 0.2) is 0 Å². The van der Waals surface area contributed by atoms with E-state index in [4.69, 9.17) is 22.3 Å². The molecule has 0 bridgehead atoms. The molecule has 0 aliphatic rings. The summed E-state index contributed by atoms with van der Waals surface area (Å²) >= 11 is 0. The zero-order valence-corrected chi connectivity index (χ0v) is 12.6. The highest BCUT2D eigenvalue weighted by Gasteiger charge is 1.94. The summed E-state index contributed by atoms with van der Waals surface area (Å²) in [4.78, 5) is 0. The molecule has 0 rings (SSSR count). The molecule has 0 aromatic rings. The summed E-state index contributed by atoms with van der Waals surface area (Å²) in [5.74, 6) is 0.145. The number of nitrogens with one attached hydrogen (secondary N) is 4. The van der Waals surface area contributed by atoms with E-state index >= 15 is 0 Å². The van der Waals surface area contributed by atoms with Crippen molar-refractivity contribution >= 4 is 11.9 Å². The topological polar surface area (TPSA) is 124 Å². The quantitative estimate of drug-likeness (QED) is 0.175. The molecular weight excluding hydrogens is 252 g/mol. The van der Waals surface area contributed by atoms with Gasteiger partial charge >= 0.3 is 0 Å². The molecule has 0 saturated heterocycles. The molecule has 0 heterocycles. The van der Waals surface area contributed by atoms with E-state index in [1.807, 2.05) is 0 Å². The lowest BCUT2D eigenvalue weighted by molar-refractivity contribution is 0.548. The molecule has 20 heavy (non-hydrogen) atoms. The van der Waals surface area contributed by atoms with Gasteiger partial charge in [-0.1, -0.05) is 51.4 Å². The van der Waals surface area contributed by atoms with E-state index in [0.29, 0.717) is 0 Å². The number of nitrogens with two attached hydrogens (primary N) is 2. The highest BCUT2D eigenvalue weighted by atomic mass is 15.0. The standard InChI is InChI=1S/C14H32N6/c15-13(16)19-11-9-7-5-3-1-2-4-6-8-10-12-20-14(17)18/h1-12H2,(H4,15,16,19)(H4,17,18,20). The first kappa shape index (κ1) is 18.5. The van der Waals surface area contributed by atoms with Crippen LogP contribution in [0, 0.1) is 10.8 Å². The SMILES string of the molecule is N=C(N)NCCCCCCCCCCCCNC(=N)N. The van der Waals surface area contributed by atoms with E-state index in [-0.39, 0.29) is 11.9 Å². The van der Waals surface area contributed by atoms with Gasteiger partial charge in [-0.2, -0.15) is 0 Å². The number of unbranched alkanes of at least 4 members (excludes halogenated alkanes) is 9. The van der Waals surface area contributed by atoms with Crippen molar-refractivity contribution in [3.63, 3.8) is 0 Å². The van der Waals surface area contributed by atoms with Crippen LogP contribution in [0.2, 0.25) is 0 Å². The van der Waals surface area contributed by atoms with Crippen LogP contribution in [0.25, 0.3) is 0 Å². The molecule has 6 nitrogen and oxygen atoms in total. The highest BCUT2D eigenvalue weighted by Crippen LogP contribution is 2.10. The van der Waals surface area contributed by atoms with Crippen molar-refractivity contribution in [2.45, 2.75) is 64.2 Å². The molecule has 0 spiro atoms. The first-order chi connectivity index (χ1) is 9.63. The van der Waals surface area contributed by atoms with E-state index in [1.165, 1.54) is 51.4 Å². The molecule has 118 valence electrons. The van der Waals surface area contributed by atoms with Crippen LogP contribution in [0.4, 0.5) is 0 Å². The Balaban J connectivity index is 2.99. The fourth-order valence-electron chi connectivity index (χ4n) is 2.11. The number of guanidine groups is 2. The number of hydrogen-bond donors (Lipinski definition) is 6. The highest BCUT2D eigenvalue weighted by molar-refractivity contribution is 5.74. The molecule has 0 aliphatic carbocycles. The van der Waals surface area contributed by atoms with Crippen molar-refractivity contribution < 1.29 is 0 Å². The molecule has 0 aromatic heterocycles. The third-order valence-corrected chi connectivity index (χ3v) is 3.23. The van der Waals surface area contributed by atoms with Gasteiger partial charge in [-0.15, -0.1) is 0 Å². The summed E-state index contributed by atoms with van der Waals surface area (Å²) in [6.07, 6.45) is 12.5. The Morgan fingerprint density at radius 1 is 0.550 bits per heavy atom. The molecule has 0 aromatic carbocycles. The second-order valence-electron chi connectivity index (χ2n) is 5.22. The van der Waals surface area contributed by atoms with Gasteiger partial charge in [0.2, 0.25) is 0 Å². The van der Waals surface area contributed by atoms with Crippen LogP contribution < -0.4 is 22.1 Å². The maximum absolute atomic E-state index is 7.01. The lowest BCUT2D eigenvalue weighted by Crippen LogP contribution is -2.30. The first-order valence-electron chi connectivity index (χ1n) is 7.78. The summed E-state index contributed by atoms with van der Waals surface area (Å²) in [7, 11) is 0. The van der Waals surface area contributed by atoms with Gasteiger partial charge in [0.05, 0.1) is 0 Å². The normalized spacial score (nSPS) is 10.2. The van der Waals surface area contributed by atoms with Gasteiger partial charge in [-0.3, -0.25) is 10.8 Å². The van der Waals surface area contributed by atoms with Crippen LogP contribution in [-0.4, -0.2) is 25.0 Å². The third kappa shape index (κ3) is 16.5. The predicted molar refractivity (Wildman–Crippen MR) is 86.0 cm³/mol. The van der Waals surface area contributed by atoms with Crippen molar-refractivity contribution in [1.29, 1.82) is 10.8 Å². The molecule has 6 heteroatoms. The lowest BCUT2D eigenvalue weighted by Gasteiger charge is -2.05. The summed E-state index contributed by atoms with van der Waals surface area (Å²) in [6.45, 7) is 1.65. The molecule has 0 amide bonds. The molecule has 8 N–H and O–H groups in total. The van der Waals surface area contributed by atoms with Crippen LogP contribution in [0.5, 0.6) is 0 Å². The average molecular weight is 284 g/mol. The molecular formula is C14H32N6. The van der Waals surface area contributed by atoms with E-state index in [0.717, 1.165) is 25.9 Å². The average Bonchev–Trinajstić information content (AvgIpc) is 2.38. The minimum Gasteiger partial charge on any atom is -0.370 e. The van der Waals surface area contributed by atoms with Gasteiger partial charge in [0.15, 0.2) is 11.9 Å². The van der Waals surface area contributed by atoms with Crippen LogP contribution in [0.3, 0.4) is 0 Å². The predicted octanol–water partition coefficient (Wildman–Crippen LogP) is 1.85. The first-order valence-corrected chi connectivity index (χ1v) is 7.78. The van der Waals surface area contributed by atoms with Crippen molar-refractivity contribution in [3.8, 4) is 0 Å². The monoisotopic (exact) mass is 284 g/mol. The Hall–Kier alpha value is -1.46. The fourth-order valence-corrected chi connectivity index (χ4v) is 2.11. The van der Waals surface area contributed by atoms with E-state index in [1.54, 1.807) is 0 Å². The zero-order valence-electron chi connectivity index (χ0n) is 12.6. The lowest BCUT2D eigenvalue weighted by atomic mass is 10.1. The summed E-state index contributed by atoms with van der Waals surface area (Å²) in [5, 5.41) is 19.7. The van der Waals surface area contributed by atoms with Gasteiger partial charge in [-0.05, 0) is 12.8 Å². The second-order valence-corrected chi connectivity index (χ2v) is 5.22. The van der Waals surface area contributed by atoms with Crippen molar-refractivity contribution in [2.75, 3.05) is 13.1 Å². The Kier molecular flexibility index (Phi) is 12.9. The summed E-state index contributed by atoms with van der Waals surface area (Å²) in [5.41, 5.74) is 10.4. The van der Waals surface area contributed by atoms with E-state index in [9.17, 15) is 0 Å². The Morgan fingerprint density at radius 2 is 0.800 bits per heavy atom. The summed E-state index contributed by atoms with van der Waals surface area (Å²) in [6, 6.07) is 0. The maximum atomic E-state index is 7.01. The molecule has 0 saturated carbocycles. The molecule has 0 aliphatic heterocycles. The molecule has 0 atom stereocenters. The van der Waals surface area contributed by atoms with Gasteiger partial charge in [0.25, 0.3) is 0 Å². The Labute approximate surface area is 123 Å². The van der Waals surface area contributed by atoms with Crippen molar-refractivity contribution in [3.05, 3.63) is 0 Å². The van der Waals surface area contributed by atoms with E-state index in [2.05, 4.69) is 10.6 Å². The van der Waals surface area contributed by atoms with E-state index < -0.39 is 0 Å². The van der Waals surface area contributed by atoms with Crippen LogP contribution in [-0.2, 0) is 0 Å². The number of hydrogen-bond acceptors (Lipinski definition) is 2. The van der Waals surface area contributed by atoms with Gasteiger partial charge < -0.3 is 22.1 Å². The van der Waals surface area contributed by atoms with Gasteiger partial charge in [0.1, 0.15) is 0 Å². The van der Waals surface area contributed by atoms with Crippen molar-refractivity contribution in [2.24, 2.45) is 11.5 Å². The number of rotatable bonds is 13. The zero-order chi connectivity index (χ0) is 15.1. The smallest absolute Gasteiger partial charge is 0.185 e. The maximum Gasteiger partial charge on any atom is 0.185 e. The fraction of sp³-hybridized carbons (Fsp3) is 0.857. The Morgan fingerprint density at radius 3 is 1.05 bits per heavy atom. The Bertz CT molecular complexity index is 228. The van der Waals surface area contributed by atoms with Crippen LogP contribution >= 0.6 is 0 Å². The minimum absolute atomic E-state index is 0.0727. The molecule has 0 unspecified atom stereocenters. The second kappa shape index (κ2) is 14.0. The molecule has 0 radical (unpaired) electrons. The third-order valence-electron chi connectivity index (χ3n) is 3.23. The summed E-state index contributed by atoms with van der Waals surface area (Å²) < 4.78 is 0. The van der Waals surface area contributed by atoms with Gasteiger partial charge in [-0.25, -0.2) is 0 Å². The van der Waals surface area contributed by atoms with Crippen molar-refractivity contribution in [1.82, 2.24) is 10.6 Å². The molecule has 0 fully saturated rings.